The van der Waals surface area contributed by atoms with E-state index in [1.807, 2.05) is 31.2 Å². The third-order valence-corrected chi connectivity index (χ3v) is 5.10. The molecule has 1 unspecified atom stereocenters. The van der Waals surface area contributed by atoms with E-state index >= 15 is 0 Å². The Morgan fingerprint density at radius 3 is 2.12 bits per heavy atom. The highest BCUT2D eigenvalue weighted by Crippen LogP contribution is 2.42. The van der Waals surface area contributed by atoms with Crippen LogP contribution >= 0.6 is 0 Å². The van der Waals surface area contributed by atoms with Crippen LogP contribution in [-0.4, -0.2) is 10.9 Å². The highest BCUT2D eigenvalue weighted by molar-refractivity contribution is 6.09. The predicted molar refractivity (Wildman–Crippen MR) is 106 cm³/mol. The van der Waals surface area contributed by atoms with Crippen molar-refractivity contribution in [1.29, 1.82) is 0 Å². The number of aliphatic hydroxyl groups is 1. The van der Waals surface area contributed by atoms with Crippen LogP contribution in [-0.2, 0) is 5.60 Å². The van der Waals surface area contributed by atoms with Gasteiger partial charge in [0.05, 0.1) is 5.69 Å². The predicted octanol–water partition coefficient (Wildman–Crippen LogP) is 5.69. The van der Waals surface area contributed by atoms with Crippen molar-refractivity contribution in [2.24, 2.45) is 4.99 Å². The number of nitrogens with one attached hydrogen (secondary N) is 1. The van der Waals surface area contributed by atoms with Crippen molar-refractivity contribution in [2.75, 3.05) is 5.32 Å². The zero-order valence-corrected chi connectivity index (χ0v) is 15.8. The van der Waals surface area contributed by atoms with Gasteiger partial charge in [-0.05, 0) is 35.4 Å². The summed E-state index contributed by atoms with van der Waals surface area (Å²) in [6.45, 7) is 10.7. The minimum atomic E-state index is -1.06. The lowest BCUT2D eigenvalue weighted by Crippen LogP contribution is -2.33. The first-order chi connectivity index (χ1) is 11.9. The first-order valence-corrected chi connectivity index (χ1v) is 9.19. The van der Waals surface area contributed by atoms with Gasteiger partial charge in [0.15, 0.2) is 0 Å². The molecule has 0 saturated carbocycles. The number of amidine groups is 1. The normalized spacial score (nSPS) is 21.0. The maximum atomic E-state index is 11.3. The quantitative estimate of drug-likeness (QED) is 0.753. The Morgan fingerprint density at radius 2 is 1.56 bits per heavy atom. The average Bonchev–Trinajstić information content (AvgIpc) is 2.88. The van der Waals surface area contributed by atoms with Gasteiger partial charge in [-0.3, -0.25) is 0 Å². The molecule has 25 heavy (non-hydrogen) atoms. The zero-order valence-electron chi connectivity index (χ0n) is 15.8. The molecular weight excluding hydrogens is 308 g/mol. The van der Waals surface area contributed by atoms with Crippen LogP contribution in [0.5, 0.6) is 0 Å². The molecule has 2 N–H and O–H groups in total. The number of anilines is 1. The number of para-hydroxylation sites is 2. The Bertz CT molecular complexity index is 781. The fourth-order valence-corrected chi connectivity index (χ4v) is 3.54. The van der Waals surface area contributed by atoms with E-state index in [-0.39, 0.29) is 0 Å². The second-order valence-electron chi connectivity index (χ2n) is 7.44. The molecule has 0 spiro atoms. The molecule has 3 rings (SSSR count). The Balaban J connectivity index is 2.19. The summed E-state index contributed by atoms with van der Waals surface area (Å²) < 4.78 is 0. The fraction of sp³-hybridized carbons (Fsp3) is 0.409. The molecule has 1 aliphatic rings. The van der Waals surface area contributed by atoms with Crippen LogP contribution in [0, 0.1) is 0 Å². The van der Waals surface area contributed by atoms with E-state index in [0.29, 0.717) is 24.1 Å². The monoisotopic (exact) mass is 336 g/mol. The molecule has 1 heterocycles. The van der Waals surface area contributed by atoms with Gasteiger partial charge in [-0.25, -0.2) is 4.99 Å². The van der Waals surface area contributed by atoms with Gasteiger partial charge in [0.2, 0.25) is 0 Å². The van der Waals surface area contributed by atoms with Crippen LogP contribution in [0.25, 0.3) is 0 Å². The summed E-state index contributed by atoms with van der Waals surface area (Å²) in [6.07, 6.45) is 0.580. The number of hydrogen-bond acceptors (Lipinski definition) is 2. The molecule has 132 valence electrons. The Kier molecular flexibility index (Phi) is 4.70. The van der Waals surface area contributed by atoms with Crippen molar-refractivity contribution in [3.05, 3.63) is 59.2 Å². The molecule has 2 aromatic rings. The van der Waals surface area contributed by atoms with Crippen LogP contribution in [0.1, 0.15) is 69.6 Å². The van der Waals surface area contributed by atoms with Crippen LogP contribution in [0.15, 0.2) is 47.5 Å². The third-order valence-electron chi connectivity index (χ3n) is 5.10. The maximum absolute atomic E-state index is 11.3. The zero-order chi connectivity index (χ0) is 18.2. The standard InChI is InChI=1S/C22H28N2O/c1-6-22(25)18-12-7-8-13-19(18)23-21(22)24-20-16(14(2)3)10-9-11-17(20)15(4)5/h7-15,25H,6H2,1-5H3,(H,23,24). The molecule has 0 bridgehead atoms. The SMILES string of the molecule is CCC1(O)C(=Nc2c(C(C)C)cccc2C(C)C)Nc2ccccc21. The molecule has 2 aromatic carbocycles. The molecule has 0 aliphatic carbocycles. The minimum Gasteiger partial charge on any atom is -0.377 e. The fourth-order valence-electron chi connectivity index (χ4n) is 3.54. The summed E-state index contributed by atoms with van der Waals surface area (Å²) in [4.78, 5) is 4.99. The molecule has 3 heteroatoms. The number of fused-ring (bicyclic) bond motifs is 1. The van der Waals surface area contributed by atoms with Gasteiger partial charge in [0.1, 0.15) is 11.4 Å². The minimum absolute atomic E-state index is 0.372. The van der Waals surface area contributed by atoms with Crippen molar-refractivity contribution in [2.45, 2.75) is 58.5 Å². The van der Waals surface area contributed by atoms with Crippen LogP contribution in [0.4, 0.5) is 11.4 Å². The van der Waals surface area contributed by atoms with Crippen molar-refractivity contribution in [3.63, 3.8) is 0 Å². The molecule has 0 aromatic heterocycles. The molecule has 0 fully saturated rings. The first kappa shape index (κ1) is 17.7. The Labute approximate surface area is 150 Å². The van der Waals surface area contributed by atoms with Crippen molar-refractivity contribution in [1.82, 2.24) is 0 Å². The summed E-state index contributed by atoms with van der Waals surface area (Å²) in [5.41, 5.74) is 4.22. The molecule has 0 amide bonds. The van der Waals surface area contributed by atoms with Gasteiger partial charge in [-0.1, -0.05) is 71.0 Å². The van der Waals surface area contributed by atoms with Gasteiger partial charge in [0, 0.05) is 11.3 Å². The summed E-state index contributed by atoms with van der Waals surface area (Å²) in [7, 11) is 0. The van der Waals surface area contributed by atoms with Crippen molar-refractivity contribution >= 4 is 17.2 Å². The Hall–Kier alpha value is -2.13. The lowest BCUT2D eigenvalue weighted by atomic mass is 9.91. The van der Waals surface area contributed by atoms with Crippen molar-refractivity contribution in [3.8, 4) is 0 Å². The molecular formula is C22H28N2O. The highest BCUT2D eigenvalue weighted by atomic mass is 16.3. The van der Waals surface area contributed by atoms with Crippen LogP contribution in [0.2, 0.25) is 0 Å². The van der Waals surface area contributed by atoms with E-state index in [1.54, 1.807) is 0 Å². The molecule has 1 aliphatic heterocycles. The van der Waals surface area contributed by atoms with E-state index in [0.717, 1.165) is 16.9 Å². The molecule has 1 atom stereocenters. The van der Waals surface area contributed by atoms with Crippen LogP contribution in [0.3, 0.4) is 0 Å². The maximum Gasteiger partial charge on any atom is 0.149 e. The summed E-state index contributed by atoms with van der Waals surface area (Å²) in [5.74, 6) is 1.37. The van der Waals surface area contributed by atoms with E-state index in [9.17, 15) is 5.11 Å². The second kappa shape index (κ2) is 6.64. The summed E-state index contributed by atoms with van der Waals surface area (Å²) in [6, 6.07) is 14.3. The summed E-state index contributed by atoms with van der Waals surface area (Å²) >= 11 is 0. The second-order valence-corrected chi connectivity index (χ2v) is 7.44. The average molecular weight is 336 g/mol. The van der Waals surface area contributed by atoms with Gasteiger partial charge in [-0.15, -0.1) is 0 Å². The highest BCUT2D eigenvalue weighted by Gasteiger charge is 2.41. The van der Waals surface area contributed by atoms with Gasteiger partial charge in [-0.2, -0.15) is 0 Å². The number of nitrogens with zero attached hydrogens (tertiary/aromatic N) is 1. The topological polar surface area (TPSA) is 44.6 Å². The van der Waals surface area contributed by atoms with E-state index in [1.165, 1.54) is 11.1 Å². The lowest BCUT2D eigenvalue weighted by Gasteiger charge is -2.23. The summed E-state index contributed by atoms with van der Waals surface area (Å²) in [5, 5.41) is 14.7. The molecule has 0 radical (unpaired) electrons. The number of aliphatic imine (C=N–C) groups is 1. The molecule has 0 saturated heterocycles. The third kappa shape index (κ3) is 2.98. The molecule has 3 nitrogen and oxygen atoms in total. The van der Waals surface area contributed by atoms with Gasteiger partial charge < -0.3 is 10.4 Å². The Morgan fingerprint density at radius 1 is 0.960 bits per heavy atom. The van der Waals surface area contributed by atoms with E-state index in [4.69, 9.17) is 4.99 Å². The van der Waals surface area contributed by atoms with E-state index < -0.39 is 5.60 Å². The largest absolute Gasteiger partial charge is 0.377 e. The van der Waals surface area contributed by atoms with Crippen LogP contribution < -0.4 is 5.32 Å². The smallest absolute Gasteiger partial charge is 0.149 e. The number of rotatable bonds is 4. The van der Waals surface area contributed by atoms with E-state index in [2.05, 4.69) is 51.2 Å². The van der Waals surface area contributed by atoms with Gasteiger partial charge in [0.25, 0.3) is 0 Å². The lowest BCUT2D eigenvalue weighted by molar-refractivity contribution is 0.111. The number of benzene rings is 2. The van der Waals surface area contributed by atoms with Crippen molar-refractivity contribution < 1.29 is 5.11 Å². The first-order valence-electron chi connectivity index (χ1n) is 9.19. The van der Waals surface area contributed by atoms with Gasteiger partial charge >= 0.3 is 0 Å². The number of hydrogen-bond donors (Lipinski definition) is 2.